The molecule has 1 radical (unpaired) electrons. The Hall–Kier alpha value is -0.0800. The van der Waals surface area contributed by atoms with Gasteiger partial charge < -0.3 is 5.32 Å². The predicted molar refractivity (Wildman–Crippen MR) is 43.1 cm³/mol. The molecule has 0 amide bonds. The summed E-state index contributed by atoms with van der Waals surface area (Å²) in [6.45, 7) is 4.40. The third kappa shape index (κ3) is 1.70. The van der Waals surface area contributed by atoms with E-state index < -0.39 is 0 Å². The molecular weight excluding hydrogens is 124 g/mol. The van der Waals surface area contributed by atoms with E-state index in [1.807, 2.05) is 7.05 Å². The average molecular weight is 141 g/mol. The van der Waals surface area contributed by atoms with Crippen molar-refractivity contribution in [3.63, 3.8) is 0 Å². The van der Waals surface area contributed by atoms with Crippen molar-refractivity contribution < 1.29 is 0 Å². The first-order chi connectivity index (χ1) is 4.88. The highest BCUT2D eigenvalue weighted by atomic mass is 14.9. The van der Waals surface area contributed by atoms with Gasteiger partial charge in [0.15, 0.2) is 0 Å². The molecule has 1 N–H and O–H groups in total. The second-order valence-corrected chi connectivity index (χ2v) is 2.98. The molecule has 1 rings (SSSR count). The molecule has 0 saturated carbocycles. The van der Waals surface area contributed by atoms with Gasteiger partial charge in [0, 0.05) is 19.1 Å². The van der Waals surface area contributed by atoms with Crippen molar-refractivity contribution in [2.75, 3.05) is 20.1 Å². The van der Waals surface area contributed by atoms with Crippen LogP contribution in [-0.4, -0.2) is 26.2 Å². The van der Waals surface area contributed by atoms with Crippen LogP contribution in [0.4, 0.5) is 0 Å². The quantitative estimate of drug-likeness (QED) is 0.612. The van der Waals surface area contributed by atoms with E-state index in [4.69, 9.17) is 0 Å². The molecule has 2 atom stereocenters. The first-order valence-corrected chi connectivity index (χ1v) is 4.19. The van der Waals surface area contributed by atoms with Crippen molar-refractivity contribution in [3.05, 3.63) is 0 Å². The van der Waals surface area contributed by atoms with E-state index in [1.165, 1.54) is 12.8 Å². The SMILES string of the molecule is CCC(NC)C1CC[N]C1. The van der Waals surface area contributed by atoms with Crippen molar-refractivity contribution in [2.45, 2.75) is 25.8 Å². The van der Waals surface area contributed by atoms with Crippen LogP contribution in [0.3, 0.4) is 0 Å². The Bertz CT molecular complexity index is 83.3. The third-order valence-corrected chi connectivity index (χ3v) is 2.40. The monoisotopic (exact) mass is 141 g/mol. The maximum Gasteiger partial charge on any atom is 0.0177 e. The lowest BCUT2D eigenvalue weighted by Crippen LogP contribution is -2.33. The lowest BCUT2D eigenvalue weighted by molar-refractivity contribution is 0.387. The molecule has 1 fully saturated rings. The van der Waals surface area contributed by atoms with Gasteiger partial charge in [-0.15, -0.1) is 0 Å². The largest absolute Gasteiger partial charge is 0.317 e. The normalized spacial score (nSPS) is 28.8. The van der Waals surface area contributed by atoms with E-state index in [-0.39, 0.29) is 0 Å². The number of nitrogens with one attached hydrogen (secondary N) is 1. The van der Waals surface area contributed by atoms with Crippen LogP contribution in [0.2, 0.25) is 0 Å². The molecule has 1 aliphatic rings. The first-order valence-electron chi connectivity index (χ1n) is 4.19. The van der Waals surface area contributed by atoms with Crippen LogP contribution in [-0.2, 0) is 0 Å². The smallest absolute Gasteiger partial charge is 0.0177 e. The van der Waals surface area contributed by atoms with Gasteiger partial charge in [-0.2, -0.15) is 0 Å². The van der Waals surface area contributed by atoms with Crippen molar-refractivity contribution in [2.24, 2.45) is 5.92 Å². The molecular formula is C8H17N2. The van der Waals surface area contributed by atoms with E-state index in [1.54, 1.807) is 0 Å². The Balaban J connectivity index is 2.29. The van der Waals surface area contributed by atoms with Crippen LogP contribution >= 0.6 is 0 Å². The predicted octanol–water partition coefficient (Wildman–Crippen LogP) is 0.609. The summed E-state index contributed by atoms with van der Waals surface area (Å²) in [5.74, 6) is 0.815. The summed E-state index contributed by atoms with van der Waals surface area (Å²) >= 11 is 0. The molecule has 2 heteroatoms. The van der Waals surface area contributed by atoms with Gasteiger partial charge in [0.05, 0.1) is 0 Å². The third-order valence-electron chi connectivity index (χ3n) is 2.40. The molecule has 1 aliphatic heterocycles. The highest BCUT2D eigenvalue weighted by molar-refractivity contribution is 4.80. The van der Waals surface area contributed by atoms with Crippen LogP contribution in [0.15, 0.2) is 0 Å². The van der Waals surface area contributed by atoms with Crippen LogP contribution in [0, 0.1) is 5.92 Å². The van der Waals surface area contributed by atoms with E-state index in [2.05, 4.69) is 17.6 Å². The van der Waals surface area contributed by atoms with Crippen molar-refractivity contribution in [3.8, 4) is 0 Å². The maximum absolute atomic E-state index is 4.34. The van der Waals surface area contributed by atoms with E-state index in [9.17, 15) is 0 Å². The van der Waals surface area contributed by atoms with Crippen molar-refractivity contribution in [1.82, 2.24) is 10.6 Å². The minimum absolute atomic E-state index is 0.700. The first kappa shape index (κ1) is 8.02. The number of hydrogen-bond donors (Lipinski definition) is 1. The molecule has 2 unspecified atom stereocenters. The molecule has 0 aromatic rings. The Morgan fingerprint density at radius 2 is 2.50 bits per heavy atom. The Kier molecular flexibility index (Phi) is 3.16. The molecule has 0 spiro atoms. The zero-order valence-corrected chi connectivity index (χ0v) is 6.93. The fourth-order valence-electron chi connectivity index (χ4n) is 1.71. The molecule has 59 valence electrons. The summed E-state index contributed by atoms with van der Waals surface area (Å²) in [5, 5.41) is 7.68. The summed E-state index contributed by atoms with van der Waals surface area (Å²) in [7, 11) is 2.05. The number of nitrogens with zero attached hydrogens (tertiary/aromatic N) is 1. The van der Waals surface area contributed by atoms with Crippen molar-refractivity contribution >= 4 is 0 Å². The Morgan fingerprint density at radius 1 is 1.70 bits per heavy atom. The van der Waals surface area contributed by atoms with Gasteiger partial charge in [-0.3, -0.25) is 0 Å². The molecule has 0 bridgehead atoms. The van der Waals surface area contributed by atoms with Gasteiger partial charge in [-0.1, -0.05) is 6.92 Å². The summed E-state index contributed by atoms with van der Waals surface area (Å²) in [6.07, 6.45) is 2.52. The molecule has 0 aromatic carbocycles. The molecule has 10 heavy (non-hydrogen) atoms. The lowest BCUT2D eigenvalue weighted by atomic mass is 9.97. The van der Waals surface area contributed by atoms with Gasteiger partial charge in [0.1, 0.15) is 0 Å². The zero-order valence-electron chi connectivity index (χ0n) is 6.93. The van der Waals surface area contributed by atoms with Crippen LogP contribution in [0.25, 0.3) is 0 Å². The lowest BCUT2D eigenvalue weighted by Gasteiger charge is -2.19. The minimum Gasteiger partial charge on any atom is -0.317 e. The number of rotatable bonds is 3. The molecule has 0 aliphatic carbocycles. The highest BCUT2D eigenvalue weighted by Crippen LogP contribution is 2.15. The Morgan fingerprint density at radius 3 is 2.90 bits per heavy atom. The summed E-state index contributed by atoms with van der Waals surface area (Å²) in [4.78, 5) is 0. The van der Waals surface area contributed by atoms with E-state index in [0.29, 0.717) is 6.04 Å². The molecule has 2 nitrogen and oxygen atoms in total. The zero-order chi connectivity index (χ0) is 7.40. The highest BCUT2D eigenvalue weighted by Gasteiger charge is 2.22. The fourth-order valence-corrected chi connectivity index (χ4v) is 1.71. The summed E-state index contributed by atoms with van der Waals surface area (Å²) in [5.41, 5.74) is 0. The van der Waals surface area contributed by atoms with Gasteiger partial charge in [0.25, 0.3) is 0 Å². The minimum atomic E-state index is 0.700. The van der Waals surface area contributed by atoms with Gasteiger partial charge in [-0.25, -0.2) is 5.32 Å². The second kappa shape index (κ2) is 3.94. The Labute approximate surface area is 63.4 Å². The second-order valence-electron chi connectivity index (χ2n) is 2.98. The van der Waals surface area contributed by atoms with E-state index in [0.717, 1.165) is 19.0 Å². The van der Waals surface area contributed by atoms with Crippen molar-refractivity contribution in [1.29, 1.82) is 0 Å². The van der Waals surface area contributed by atoms with Crippen LogP contribution in [0.5, 0.6) is 0 Å². The van der Waals surface area contributed by atoms with Crippen LogP contribution in [0.1, 0.15) is 19.8 Å². The average Bonchev–Trinajstić information content (AvgIpc) is 2.43. The standard InChI is InChI=1S/C8H17N2/c1-3-8(9-2)7-4-5-10-6-7/h7-9H,3-6H2,1-2H3. The van der Waals surface area contributed by atoms with E-state index >= 15 is 0 Å². The summed E-state index contributed by atoms with van der Waals surface area (Å²) < 4.78 is 0. The maximum atomic E-state index is 4.34. The topological polar surface area (TPSA) is 26.1 Å². The molecule has 1 heterocycles. The van der Waals surface area contributed by atoms with Gasteiger partial charge >= 0.3 is 0 Å². The summed E-state index contributed by atoms with van der Waals surface area (Å²) in [6, 6.07) is 0.700. The van der Waals surface area contributed by atoms with Crippen LogP contribution < -0.4 is 10.6 Å². The van der Waals surface area contributed by atoms with Gasteiger partial charge in [0.2, 0.25) is 0 Å². The van der Waals surface area contributed by atoms with Gasteiger partial charge in [-0.05, 0) is 25.8 Å². The fraction of sp³-hybridized carbons (Fsp3) is 1.00. The molecule has 0 aromatic heterocycles. The molecule has 1 saturated heterocycles. The number of hydrogen-bond acceptors (Lipinski definition) is 1.